The molecule has 1 aromatic carbocycles. The number of aliphatic hydroxyl groups excluding tert-OH is 1. The van der Waals surface area contributed by atoms with Crippen LogP contribution in [-0.4, -0.2) is 44.4 Å². The maximum Gasteiger partial charge on any atom is 0.321 e. The summed E-state index contributed by atoms with van der Waals surface area (Å²) >= 11 is 8.93. The third-order valence-electron chi connectivity index (χ3n) is 2.48. The monoisotopic (exact) mass is 401 g/mol. The first-order chi connectivity index (χ1) is 9.72. The van der Waals surface area contributed by atoms with E-state index in [1.807, 2.05) is 4.72 Å². The zero-order chi connectivity index (χ0) is 16.2. The molecule has 7 nitrogen and oxygen atoms in total. The lowest BCUT2D eigenvalue weighted by Gasteiger charge is -2.16. The summed E-state index contributed by atoms with van der Waals surface area (Å²) in [4.78, 5) is 10.7. The van der Waals surface area contributed by atoms with Crippen LogP contribution in [0.15, 0.2) is 21.5 Å². The molecule has 0 unspecified atom stereocenters. The number of benzene rings is 1. The SMILES string of the molecule is COc1c(Br)cc(Cl)cc1S(=O)(=O)N[C@@H](CCO)C(=O)O. The summed E-state index contributed by atoms with van der Waals surface area (Å²) < 4.78 is 31.9. The van der Waals surface area contributed by atoms with Gasteiger partial charge in [0.05, 0.1) is 11.6 Å². The number of aliphatic hydroxyl groups is 1. The number of carboxylic acids is 1. The molecule has 0 bridgehead atoms. The van der Waals surface area contributed by atoms with Gasteiger partial charge in [-0.05, 0) is 34.5 Å². The number of hydrogen-bond donors (Lipinski definition) is 3. The number of ether oxygens (including phenoxy) is 1. The zero-order valence-corrected chi connectivity index (χ0v) is 14.0. The van der Waals surface area contributed by atoms with Crippen molar-refractivity contribution >= 4 is 43.5 Å². The van der Waals surface area contributed by atoms with E-state index in [2.05, 4.69) is 15.9 Å². The van der Waals surface area contributed by atoms with E-state index in [-0.39, 0.29) is 22.1 Å². The summed E-state index contributed by atoms with van der Waals surface area (Å²) in [5.74, 6) is -1.40. The second-order valence-corrected chi connectivity index (χ2v) is 6.92. The highest BCUT2D eigenvalue weighted by Gasteiger charge is 2.28. The van der Waals surface area contributed by atoms with Crippen molar-refractivity contribution in [3.8, 4) is 5.75 Å². The topological polar surface area (TPSA) is 113 Å². The summed E-state index contributed by atoms with van der Waals surface area (Å²) in [6.45, 7) is -0.476. The highest BCUT2D eigenvalue weighted by molar-refractivity contribution is 9.10. The lowest BCUT2D eigenvalue weighted by Crippen LogP contribution is -2.41. The maximum atomic E-state index is 12.3. The van der Waals surface area contributed by atoms with Gasteiger partial charge in [0.2, 0.25) is 10.0 Å². The number of methoxy groups -OCH3 is 1. The minimum Gasteiger partial charge on any atom is -0.494 e. The molecule has 0 saturated carbocycles. The molecule has 21 heavy (non-hydrogen) atoms. The Hall–Kier alpha value is -0.870. The summed E-state index contributed by atoms with van der Waals surface area (Å²) in [5.41, 5.74) is 0. The zero-order valence-electron chi connectivity index (χ0n) is 10.8. The van der Waals surface area contributed by atoms with Crippen molar-refractivity contribution in [3.05, 3.63) is 21.6 Å². The highest BCUT2D eigenvalue weighted by atomic mass is 79.9. The van der Waals surface area contributed by atoms with Gasteiger partial charge in [0.1, 0.15) is 10.9 Å². The normalized spacial score (nSPS) is 13.0. The van der Waals surface area contributed by atoms with E-state index in [9.17, 15) is 13.2 Å². The first-order valence-corrected chi connectivity index (χ1v) is 8.27. The van der Waals surface area contributed by atoms with Gasteiger partial charge in [-0.25, -0.2) is 8.42 Å². The summed E-state index contributed by atoms with van der Waals surface area (Å²) in [6, 6.07) is 1.13. The van der Waals surface area contributed by atoms with Crippen molar-refractivity contribution in [1.29, 1.82) is 0 Å². The summed E-state index contributed by atoms with van der Waals surface area (Å²) in [7, 11) is -2.92. The molecule has 0 aromatic heterocycles. The van der Waals surface area contributed by atoms with Gasteiger partial charge >= 0.3 is 5.97 Å². The van der Waals surface area contributed by atoms with Gasteiger partial charge in [0.15, 0.2) is 5.75 Å². The second-order valence-electron chi connectivity index (χ2n) is 3.94. The number of aliphatic carboxylic acids is 1. The maximum absolute atomic E-state index is 12.3. The molecule has 0 amide bonds. The number of carbonyl (C=O) groups is 1. The van der Waals surface area contributed by atoms with Crippen molar-refractivity contribution in [2.45, 2.75) is 17.4 Å². The Morgan fingerprint density at radius 2 is 2.14 bits per heavy atom. The third kappa shape index (κ3) is 4.55. The number of carboxylic acid groups (broad SMARTS) is 1. The summed E-state index contributed by atoms with van der Waals surface area (Å²) in [5, 5.41) is 17.9. The van der Waals surface area contributed by atoms with Crippen LogP contribution in [-0.2, 0) is 14.8 Å². The fourth-order valence-corrected chi connectivity index (χ4v) is 4.15. The Morgan fingerprint density at radius 3 is 2.62 bits per heavy atom. The average molecular weight is 403 g/mol. The first-order valence-electron chi connectivity index (χ1n) is 5.62. The lowest BCUT2D eigenvalue weighted by molar-refractivity contribution is -0.139. The van der Waals surface area contributed by atoms with Crippen LogP contribution in [0.2, 0.25) is 5.02 Å². The molecule has 1 atom stereocenters. The molecule has 0 radical (unpaired) electrons. The molecule has 0 aliphatic rings. The van der Waals surface area contributed by atoms with Crippen LogP contribution in [0.4, 0.5) is 0 Å². The molecule has 0 fully saturated rings. The minimum absolute atomic E-state index is 0.0000345. The average Bonchev–Trinajstić information content (AvgIpc) is 2.37. The van der Waals surface area contributed by atoms with Crippen LogP contribution < -0.4 is 9.46 Å². The van der Waals surface area contributed by atoms with E-state index >= 15 is 0 Å². The van der Waals surface area contributed by atoms with Crippen molar-refractivity contribution in [1.82, 2.24) is 4.72 Å². The van der Waals surface area contributed by atoms with Crippen LogP contribution >= 0.6 is 27.5 Å². The molecule has 0 aliphatic heterocycles. The standard InChI is InChI=1S/C11H13BrClNO6S/c1-20-10-7(12)4-6(13)5-9(10)21(18,19)14-8(2-3-15)11(16)17/h4-5,8,14-15H,2-3H2,1H3,(H,16,17)/t8-/m0/s1. The Balaban J connectivity index is 3.27. The van der Waals surface area contributed by atoms with E-state index in [1.165, 1.54) is 13.2 Å². The number of hydrogen-bond acceptors (Lipinski definition) is 5. The van der Waals surface area contributed by atoms with Gasteiger partial charge in [0, 0.05) is 11.6 Å². The van der Waals surface area contributed by atoms with Crippen LogP contribution in [0, 0.1) is 0 Å². The largest absolute Gasteiger partial charge is 0.494 e. The third-order valence-corrected chi connectivity index (χ3v) is 4.77. The molecule has 118 valence electrons. The quantitative estimate of drug-likeness (QED) is 0.632. The van der Waals surface area contributed by atoms with E-state index in [4.69, 9.17) is 26.6 Å². The van der Waals surface area contributed by atoms with Crippen molar-refractivity contribution < 1.29 is 28.2 Å². The van der Waals surface area contributed by atoms with Crippen LogP contribution in [0.1, 0.15) is 6.42 Å². The fourth-order valence-electron chi connectivity index (χ4n) is 1.55. The Morgan fingerprint density at radius 1 is 1.52 bits per heavy atom. The van der Waals surface area contributed by atoms with E-state index in [1.54, 1.807) is 0 Å². The molecule has 0 saturated heterocycles. The number of halogens is 2. The van der Waals surface area contributed by atoms with Crippen LogP contribution in [0.5, 0.6) is 5.75 Å². The van der Waals surface area contributed by atoms with E-state index in [0.717, 1.165) is 6.07 Å². The van der Waals surface area contributed by atoms with E-state index < -0.39 is 28.6 Å². The minimum atomic E-state index is -4.20. The van der Waals surface area contributed by atoms with Crippen LogP contribution in [0.25, 0.3) is 0 Å². The first kappa shape index (κ1) is 18.2. The van der Waals surface area contributed by atoms with E-state index in [0.29, 0.717) is 4.47 Å². The van der Waals surface area contributed by atoms with Gasteiger partial charge in [-0.3, -0.25) is 4.79 Å². The van der Waals surface area contributed by atoms with Gasteiger partial charge < -0.3 is 14.9 Å². The van der Waals surface area contributed by atoms with Gasteiger partial charge in [-0.1, -0.05) is 11.6 Å². The van der Waals surface area contributed by atoms with Crippen LogP contribution in [0.3, 0.4) is 0 Å². The number of rotatable bonds is 7. The molecule has 0 heterocycles. The van der Waals surface area contributed by atoms with Gasteiger partial charge in [-0.15, -0.1) is 0 Å². The molecular weight excluding hydrogens is 390 g/mol. The lowest BCUT2D eigenvalue weighted by atomic mass is 10.2. The number of nitrogens with one attached hydrogen (secondary N) is 1. The smallest absolute Gasteiger partial charge is 0.321 e. The molecule has 10 heteroatoms. The Kier molecular flexibility index (Phi) is 6.41. The van der Waals surface area contributed by atoms with Crippen molar-refractivity contribution in [2.75, 3.05) is 13.7 Å². The second kappa shape index (κ2) is 7.41. The highest BCUT2D eigenvalue weighted by Crippen LogP contribution is 2.35. The summed E-state index contributed by atoms with van der Waals surface area (Å²) in [6.07, 6.45) is -0.265. The molecule has 0 aliphatic carbocycles. The number of sulfonamides is 1. The Bertz CT molecular complexity index is 636. The molecule has 1 aromatic rings. The predicted octanol–water partition coefficient (Wildman–Crippen LogP) is 1.22. The molecule has 3 N–H and O–H groups in total. The van der Waals surface area contributed by atoms with Crippen molar-refractivity contribution in [3.63, 3.8) is 0 Å². The van der Waals surface area contributed by atoms with Crippen molar-refractivity contribution in [2.24, 2.45) is 0 Å². The molecule has 1 rings (SSSR count). The molecule has 0 spiro atoms. The molecular formula is C11H13BrClNO6S. The van der Waals surface area contributed by atoms with Gasteiger partial charge in [-0.2, -0.15) is 4.72 Å². The fraction of sp³-hybridized carbons (Fsp3) is 0.364. The Labute approximate surface area is 135 Å². The predicted molar refractivity (Wildman–Crippen MR) is 79.2 cm³/mol. The van der Waals surface area contributed by atoms with Gasteiger partial charge in [0.25, 0.3) is 0 Å².